The van der Waals surface area contributed by atoms with Gasteiger partial charge in [-0.2, -0.15) is 0 Å². The van der Waals surface area contributed by atoms with Gasteiger partial charge in [-0.3, -0.25) is 9.78 Å². The van der Waals surface area contributed by atoms with Crippen molar-refractivity contribution in [2.45, 2.75) is 0 Å². The predicted octanol–water partition coefficient (Wildman–Crippen LogP) is 1.88. The minimum atomic E-state index is -0.480. The van der Waals surface area contributed by atoms with E-state index in [2.05, 4.69) is 15.3 Å². The van der Waals surface area contributed by atoms with Crippen LogP contribution in [0.2, 0.25) is 0 Å². The maximum atomic E-state index is 12.9. The number of benzene rings is 1. The van der Waals surface area contributed by atoms with Gasteiger partial charge >= 0.3 is 0 Å². The zero-order valence-corrected chi connectivity index (χ0v) is 9.55. The Kier molecular flexibility index (Phi) is 3.47. The van der Waals surface area contributed by atoms with Crippen molar-refractivity contribution in [3.8, 4) is 5.88 Å². The summed E-state index contributed by atoms with van der Waals surface area (Å²) >= 11 is 0. The van der Waals surface area contributed by atoms with Crippen molar-refractivity contribution < 1.29 is 13.9 Å². The molecule has 1 heterocycles. The van der Waals surface area contributed by atoms with Gasteiger partial charge in [-0.1, -0.05) is 6.07 Å². The molecule has 2 aromatic rings. The van der Waals surface area contributed by atoms with Gasteiger partial charge in [0.25, 0.3) is 5.91 Å². The molecule has 0 aliphatic heterocycles. The SMILES string of the molecule is COc1cncc(C(=O)Nc2cccc(F)c2)n1. The second kappa shape index (κ2) is 5.22. The lowest BCUT2D eigenvalue weighted by Crippen LogP contribution is -2.14. The molecule has 0 saturated heterocycles. The van der Waals surface area contributed by atoms with Gasteiger partial charge in [-0.05, 0) is 18.2 Å². The standard InChI is InChI=1S/C12H10FN3O2/c1-18-11-7-14-6-10(16-11)12(17)15-9-4-2-3-8(13)5-9/h2-7H,1H3,(H,15,17). The maximum absolute atomic E-state index is 12.9. The molecule has 1 aromatic heterocycles. The lowest BCUT2D eigenvalue weighted by molar-refractivity contribution is 0.102. The Bertz CT molecular complexity index is 575. The number of ether oxygens (including phenoxy) is 1. The molecule has 1 amide bonds. The van der Waals surface area contributed by atoms with Crippen LogP contribution in [-0.4, -0.2) is 23.0 Å². The number of halogens is 1. The number of hydrogen-bond acceptors (Lipinski definition) is 4. The second-order valence-electron chi connectivity index (χ2n) is 3.41. The molecule has 92 valence electrons. The summed E-state index contributed by atoms with van der Waals surface area (Å²) in [7, 11) is 1.43. The zero-order valence-electron chi connectivity index (χ0n) is 9.55. The van der Waals surface area contributed by atoms with Crippen molar-refractivity contribution in [3.63, 3.8) is 0 Å². The van der Waals surface area contributed by atoms with E-state index in [1.54, 1.807) is 6.07 Å². The van der Waals surface area contributed by atoms with Crippen LogP contribution in [0.4, 0.5) is 10.1 Å². The Hall–Kier alpha value is -2.50. The molecular weight excluding hydrogens is 237 g/mol. The van der Waals surface area contributed by atoms with Crippen molar-refractivity contribution in [1.82, 2.24) is 9.97 Å². The molecule has 18 heavy (non-hydrogen) atoms. The maximum Gasteiger partial charge on any atom is 0.276 e. The van der Waals surface area contributed by atoms with E-state index in [1.807, 2.05) is 0 Å². The van der Waals surface area contributed by atoms with Gasteiger partial charge in [-0.25, -0.2) is 9.37 Å². The van der Waals surface area contributed by atoms with E-state index in [9.17, 15) is 9.18 Å². The van der Waals surface area contributed by atoms with E-state index in [1.165, 1.54) is 37.7 Å². The van der Waals surface area contributed by atoms with Crippen LogP contribution in [0, 0.1) is 5.82 Å². The Balaban J connectivity index is 2.16. The Morgan fingerprint density at radius 2 is 2.22 bits per heavy atom. The third-order valence-corrected chi connectivity index (χ3v) is 2.14. The number of carbonyl (C=O) groups is 1. The monoisotopic (exact) mass is 247 g/mol. The molecule has 0 saturated carbocycles. The average molecular weight is 247 g/mol. The molecule has 0 bridgehead atoms. The Labute approximate surface area is 103 Å². The fourth-order valence-corrected chi connectivity index (χ4v) is 1.32. The van der Waals surface area contributed by atoms with Crippen LogP contribution in [-0.2, 0) is 0 Å². The molecule has 0 aliphatic rings. The lowest BCUT2D eigenvalue weighted by atomic mass is 10.3. The number of nitrogens with one attached hydrogen (secondary N) is 1. The van der Waals surface area contributed by atoms with E-state index in [4.69, 9.17) is 4.74 Å². The molecular formula is C12H10FN3O2. The molecule has 0 radical (unpaired) electrons. The van der Waals surface area contributed by atoms with Crippen LogP contribution in [0.15, 0.2) is 36.7 Å². The summed E-state index contributed by atoms with van der Waals surface area (Å²) in [6, 6.07) is 5.59. The molecule has 6 heteroatoms. The van der Waals surface area contributed by atoms with Gasteiger partial charge in [0.1, 0.15) is 5.82 Å². The highest BCUT2D eigenvalue weighted by atomic mass is 19.1. The summed E-state index contributed by atoms with van der Waals surface area (Å²) in [5.41, 5.74) is 0.447. The summed E-state index contributed by atoms with van der Waals surface area (Å²) in [5.74, 6) is -0.668. The van der Waals surface area contributed by atoms with Crippen molar-refractivity contribution in [3.05, 3.63) is 48.2 Å². The number of methoxy groups -OCH3 is 1. The molecule has 1 aromatic carbocycles. The van der Waals surface area contributed by atoms with Crippen molar-refractivity contribution in [1.29, 1.82) is 0 Å². The van der Waals surface area contributed by atoms with E-state index < -0.39 is 11.7 Å². The number of amides is 1. The first-order valence-corrected chi connectivity index (χ1v) is 5.12. The van der Waals surface area contributed by atoms with Gasteiger partial charge < -0.3 is 10.1 Å². The highest BCUT2D eigenvalue weighted by Crippen LogP contribution is 2.11. The van der Waals surface area contributed by atoms with Crippen LogP contribution in [0.3, 0.4) is 0 Å². The van der Waals surface area contributed by atoms with Gasteiger partial charge in [-0.15, -0.1) is 0 Å². The van der Waals surface area contributed by atoms with Crippen molar-refractivity contribution >= 4 is 11.6 Å². The van der Waals surface area contributed by atoms with Crippen LogP contribution < -0.4 is 10.1 Å². The third kappa shape index (κ3) is 2.79. The molecule has 5 nitrogen and oxygen atoms in total. The first-order valence-electron chi connectivity index (χ1n) is 5.12. The number of aromatic nitrogens is 2. The Morgan fingerprint density at radius 1 is 1.39 bits per heavy atom. The van der Waals surface area contributed by atoms with E-state index >= 15 is 0 Å². The fourth-order valence-electron chi connectivity index (χ4n) is 1.32. The summed E-state index contributed by atoms with van der Waals surface area (Å²) in [4.78, 5) is 19.5. The first kappa shape index (κ1) is 12.0. The highest BCUT2D eigenvalue weighted by Gasteiger charge is 2.09. The van der Waals surface area contributed by atoms with Crippen molar-refractivity contribution in [2.75, 3.05) is 12.4 Å². The number of anilines is 1. The molecule has 0 aliphatic carbocycles. The fraction of sp³-hybridized carbons (Fsp3) is 0.0833. The van der Waals surface area contributed by atoms with Crippen LogP contribution in [0.1, 0.15) is 10.5 Å². The largest absolute Gasteiger partial charge is 0.480 e. The second-order valence-corrected chi connectivity index (χ2v) is 3.41. The number of carbonyl (C=O) groups excluding carboxylic acids is 1. The van der Waals surface area contributed by atoms with Gasteiger partial charge in [0, 0.05) is 5.69 Å². The van der Waals surface area contributed by atoms with E-state index in [-0.39, 0.29) is 11.6 Å². The van der Waals surface area contributed by atoms with E-state index in [0.29, 0.717) is 5.69 Å². The summed E-state index contributed by atoms with van der Waals surface area (Å²) in [6.45, 7) is 0. The number of nitrogens with zero attached hydrogens (tertiary/aromatic N) is 2. The minimum Gasteiger partial charge on any atom is -0.480 e. The molecule has 0 spiro atoms. The highest BCUT2D eigenvalue weighted by molar-refractivity contribution is 6.02. The number of hydrogen-bond donors (Lipinski definition) is 1. The average Bonchev–Trinajstić information content (AvgIpc) is 2.39. The van der Waals surface area contributed by atoms with Crippen LogP contribution in [0.5, 0.6) is 5.88 Å². The predicted molar refractivity (Wildman–Crippen MR) is 62.9 cm³/mol. The van der Waals surface area contributed by atoms with Gasteiger partial charge in [0.2, 0.25) is 5.88 Å². The first-order chi connectivity index (χ1) is 8.69. The van der Waals surface area contributed by atoms with Gasteiger partial charge in [0.15, 0.2) is 5.69 Å². The van der Waals surface area contributed by atoms with Crippen molar-refractivity contribution in [2.24, 2.45) is 0 Å². The van der Waals surface area contributed by atoms with E-state index in [0.717, 1.165) is 0 Å². The third-order valence-electron chi connectivity index (χ3n) is 2.14. The molecule has 0 atom stereocenters. The van der Waals surface area contributed by atoms with Gasteiger partial charge in [0.05, 0.1) is 19.5 Å². The smallest absolute Gasteiger partial charge is 0.276 e. The zero-order chi connectivity index (χ0) is 13.0. The quantitative estimate of drug-likeness (QED) is 0.899. The number of rotatable bonds is 3. The molecule has 2 rings (SSSR count). The molecule has 0 unspecified atom stereocenters. The minimum absolute atomic E-state index is 0.0959. The van der Waals surface area contributed by atoms with Crippen LogP contribution >= 0.6 is 0 Å². The summed E-state index contributed by atoms with van der Waals surface area (Å²) in [6.07, 6.45) is 2.69. The summed E-state index contributed by atoms with van der Waals surface area (Å²) in [5, 5.41) is 2.51. The topological polar surface area (TPSA) is 64.1 Å². The molecule has 1 N–H and O–H groups in total. The Morgan fingerprint density at radius 3 is 2.94 bits per heavy atom. The van der Waals surface area contributed by atoms with Crippen LogP contribution in [0.25, 0.3) is 0 Å². The molecule has 0 fully saturated rings. The summed E-state index contributed by atoms with van der Waals surface area (Å²) < 4.78 is 17.8. The normalized spacial score (nSPS) is 9.89. The lowest BCUT2D eigenvalue weighted by Gasteiger charge is -2.05.